The number of hydrogen-bond donors (Lipinski definition) is 1. The predicted octanol–water partition coefficient (Wildman–Crippen LogP) is 3.20. The summed E-state index contributed by atoms with van der Waals surface area (Å²) in [5.74, 6) is -2.61. The Kier molecular flexibility index (Phi) is 5.71. The maximum absolute atomic E-state index is 14.1. The fourth-order valence-electron chi connectivity index (χ4n) is 6.05. The highest BCUT2D eigenvalue weighted by atomic mass is 16.5. The molecule has 3 aromatic carbocycles. The van der Waals surface area contributed by atoms with Crippen LogP contribution in [0.2, 0.25) is 0 Å². The van der Waals surface area contributed by atoms with E-state index in [2.05, 4.69) is 0 Å². The summed E-state index contributed by atoms with van der Waals surface area (Å²) in [6.07, 6.45) is 3.71. The Labute approximate surface area is 224 Å². The lowest BCUT2D eigenvalue weighted by Crippen LogP contribution is -2.44. The third kappa shape index (κ3) is 3.61. The minimum atomic E-state index is -0.922. The minimum Gasteiger partial charge on any atom is -0.493 e. The molecule has 196 valence electrons. The number of primary amides is 1. The van der Waals surface area contributed by atoms with E-state index < -0.39 is 35.7 Å². The average molecular weight is 524 g/mol. The molecule has 4 unspecified atom stereocenters. The number of anilines is 1. The first-order valence-electron chi connectivity index (χ1n) is 12.4. The molecule has 3 aromatic rings. The first-order chi connectivity index (χ1) is 18.8. The molecule has 6 rings (SSSR count). The lowest BCUT2D eigenvalue weighted by molar-refractivity contribution is -0.123. The zero-order valence-electron chi connectivity index (χ0n) is 21.2. The molecule has 39 heavy (non-hydrogen) atoms. The van der Waals surface area contributed by atoms with Gasteiger partial charge in [-0.2, -0.15) is 0 Å². The van der Waals surface area contributed by atoms with E-state index >= 15 is 0 Å². The molecule has 0 bridgehead atoms. The zero-order valence-corrected chi connectivity index (χ0v) is 21.2. The maximum Gasteiger partial charge on any atom is 0.248 e. The Hall–Kier alpha value is -4.92. The van der Waals surface area contributed by atoms with E-state index in [0.29, 0.717) is 22.7 Å². The molecular weight excluding hydrogens is 498 g/mol. The van der Waals surface area contributed by atoms with Crippen molar-refractivity contribution in [2.45, 2.75) is 12.1 Å². The van der Waals surface area contributed by atoms with Crippen LogP contribution in [0.15, 0.2) is 72.9 Å². The quantitative estimate of drug-likeness (QED) is 0.389. The molecule has 2 fully saturated rings. The number of ether oxygens (including phenoxy) is 2. The van der Waals surface area contributed by atoms with Gasteiger partial charge in [-0.1, -0.05) is 24.3 Å². The summed E-state index contributed by atoms with van der Waals surface area (Å²) in [4.78, 5) is 56.6. The summed E-state index contributed by atoms with van der Waals surface area (Å²) in [6.45, 7) is 0. The molecule has 9 nitrogen and oxygen atoms in total. The van der Waals surface area contributed by atoms with E-state index in [1.807, 2.05) is 35.2 Å². The van der Waals surface area contributed by atoms with Crippen LogP contribution in [-0.2, 0) is 9.59 Å². The Morgan fingerprint density at radius 1 is 0.821 bits per heavy atom. The van der Waals surface area contributed by atoms with Crippen molar-refractivity contribution in [3.05, 3.63) is 95.2 Å². The van der Waals surface area contributed by atoms with Crippen molar-refractivity contribution in [2.24, 2.45) is 17.6 Å². The Morgan fingerprint density at radius 3 is 2.18 bits per heavy atom. The van der Waals surface area contributed by atoms with E-state index in [1.165, 1.54) is 38.5 Å². The zero-order chi connectivity index (χ0) is 27.4. The van der Waals surface area contributed by atoms with Gasteiger partial charge in [0.15, 0.2) is 17.3 Å². The summed E-state index contributed by atoms with van der Waals surface area (Å²) >= 11 is 0. The van der Waals surface area contributed by atoms with E-state index in [0.717, 1.165) is 16.0 Å². The SMILES string of the molecule is COc1ccc(C(=O)C2C3C(=O)N(c4ccc(C(N)=O)cc4)C(=O)C3C3c4ccccc4C=CN23)cc1OC. The molecule has 3 aliphatic rings. The van der Waals surface area contributed by atoms with Crippen LogP contribution in [0, 0.1) is 11.8 Å². The number of nitrogens with zero attached hydrogens (tertiary/aromatic N) is 2. The second-order valence-electron chi connectivity index (χ2n) is 9.69. The van der Waals surface area contributed by atoms with Gasteiger partial charge in [0.05, 0.1) is 37.8 Å². The third-order valence-electron chi connectivity index (χ3n) is 7.81. The van der Waals surface area contributed by atoms with E-state index in [1.54, 1.807) is 24.4 Å². The number of amides is 3. The van der Waals surface area contributed by atoms with Crippen molar-refractivity contribution in [3.8, 4) is 11.5 Å². The van der Waals surface area contributed by atoms with Crippen LogP contribution in [0.1, 0.15) is 37.9 Å². The Balaban J connectivity index is 1.46. The topological polar surface area (TPSA) is 119 Å². The highest BCUT2D eigenvalue weighted by Crippen LogP contribution is 2.53. The Morgan fingerprint density at radius 2 is 1.49 bits per heavy atom. The van der Waals surface area contributed by atoms with Crippen LogP contribution < -0.4 is 20.1 Å². The van der Waals surface area contributed by atoms with Gasteiger partial charge < -0.3 is 20.1 Å². The lowest BCUT2D eigenvalue weighted by atomic mass is 9.83. The fourth-order valence-corrected chi connectivity index (χ4v) is 6.05. The van der Waals surface area contributed by atoms with Gasteiger partial charge in [-0.3, -0.25) is 19.2 Å². The smallest absolute Gasteiger partial charge is 0.248 e. The monoisotopic (exact) mass is 523 g/mol. The van der Waals surface area contributed by atoms with Gasteiger partial charge in [-0.25, -0.2) is 4.90 Å². The molecule has 0 aromatic heterocycles. The number of carbonyl (C=O) groups is 4. The molecule has 3 aliphatic heterocycles. The minimum absolute atomic E-state index is 0.261. The molecule has 0 aliphatic carbocycles. The number of ketones is 1. The van der Waals surface area contributed by atoms with Crippen LogP contribution in [0.3, 0.4) is 0 Å². The maximum atomic E-state index is 14.1. The summed E-state index contributed by atoms with van der Waals surface area (Å²) in [6, 6.07) is 17.1. The van der Waals surface area contributed by atoms with Crippen LogP contribution in [0.4, 0.5) is 5.69 Å². The van der Waals surface area contributed by atoms with Gasteiger partial charge >= 0.3 is 0 Å². The van der Waals surface area contributed by atoms with Gasteiger partial charge in [0.2, 0.25) is 17.7 Å². The first-order valence-corrected chi connectivity index (χ1v) is 12.4. The van der Waals surface area contributed by atoms with Crippen LogP contribution >= 0.6 is 0 Å². The number of Topliss-reactive ketones (excluding diaryl/α,β-unsaturated/α-hetero) is 1. The van der Waals surface area contributed by atoms with Crippen molar-refractivity contribution in [1.82, 2.24) is 4.90 Å². The molecule has 0 saturated carbocycles. The first kappa shape index (κ1) is 24.4. The highest BCUT2D eigenvalue weighted by Gasteiger charge is 2.64. The predicted molar refractivity (Wildman–Crippen MR) is 142 cm³/mol. The summed E-state index contributed by atoms with van der Waals surface area (Å²) in [5, 5.41) is 0. The number of carbonyl (C=O) groups excluding carboxylic acids is 4. The number of rotatable bonds is 6. The average Bonchev–Trinajstić information content (AvgIpc) is 3.44. The van der Waals surface area contributed by atoms with E-state index in [4.69, 9.17) is 15.2 Å². The molecule has 2 saturated heterocycles. The van der Waals surface area contributed by atoms with Gasteiger partial charge in [0.1, 0.15) is 6.04 Å². The Bertz CT molecular complexity index is 1560. The van der Waals surface area contributed by atoms with E-state index in [-0.39, 0.29) is 17.3 Å². The molecule has 9 heteroatoms. The number of hydrogen-bond acceptors (Lipinski definition) is 7. The normalized spacial score (nSPS) is 22.8. The second-order valence-corrected chi connectivity index (χ2v) is 9.69. The van der Waals surface area contributed by atoms with Crippen molar-refractivity contribution in [3.63, 3.8) is 0 Å². The van der Waals surface area contributed by atoms with Gasteiger partial charge in [0, 0.05) is 17.3 Å². The van der Waals surface area contributed by atoms with Gasteiger partial charge in [-0.05, 0) is 59.7 Å². The van der Waals surface area contributed by atoms with Crippen molar-refractivity contribution < 1.29 is 28.7 Å². The van der Waals surface area contributed by atoms with E-state index in [9.17, 15) is 19.2 Å². The molecule has 4 atom stereocenters. The molecule has 3 amide bonds. The molecular formula is C30H25N3O6. The molecule has 0 radical (unpaired) electrons. The van der Waals surface area contributed by atoms with Crippen molar-refractivity contribution in [1.29, 1.82) is 0 Å². The lowest BCUT2D eigenvalue weighted by Gasteiger charge is -2.35. The van der Waals surface area contributed by atoms with Gasteiger partial charge in [-0.15, -0.1) is 0 Å². The molecule has 2 N–H and O–H groups in total. The summed E-state index contributed by atoms with van der Waals surface area (Å²) < 4.78 is 10.7. The van der Waals surface area contributed by atoms with Gasteiger partial charge in [0.25, 0.3) is 0 Å². The number of fused-ring (bicyclic) bond motifs is 5. The summed E-state index contributed by atoms with van der Waals surface area (Å²) in [5.41, 5.74) is 8.10. The third-order valence-corrected chi connectivity index (χ3v) is 7.81. The molecule has 3 heterocycles. The number of imide groups is 1. The number of nitrogens with two attached hydrogens (primary N) is 1. The largest absolute Gasteiger partial charge is 0.493 e. The fraction of sp³-hybridized carbons (Fsp3) is 0.200. The number of methoxy groups -OCH3 is 2. The van der Waals surface area contributed by atoms with Crippen LogP contribution in [0.5, 0.6) is 11.5 Å². The summed E-state index contributed by atoms with van der Waals surface area (Å²) in [7, 11) is 2.99. The number of benzene rings is 3. The molecule has 0 spiro atoms. The van der Waals surface area contributed by atoms with Crippen molar-refractivity contribution >= 4 is 35.3 Å². The second kappa shape index (κ2) is 9.13. The standard InChI is InChI=1S/C30H25N3O6/c1-38-21-12-9-18(15-22(21)39-2)27(34)26-24-23(25-20-6-4-3-5-16(20)13-14-32(25)26)29(36)33(30(24)37)19-10-7-17(8-11-19)28(31)35/h3-15,23-26H,1-2H3,(H2,31,35). The van der Waals surface area contributed by atoms with Crippen LogP contribution in [0.25, 0.3) is 6.08 Å². The highest BCUT2D eigenvalue weighted by molar-refractivity contribution is 6.24. The van der Waals surface area contributed by atoms with Crippen molar-refractivity contribution in [2.75, 3.05) is 19.1 Å². The van der Waals surface area contributed by atoms with Crippen LogP contribution in [-0.4, -0.2) is 48.7 Å².